The summed E-state index contributed by atoms with van der Waals surface area (Å²) in [7, 11) is 1.85. The molecule has 3 heterocycles. The fourth-order valence-corrected chi connectivity index (χ4v) is 7.10. The average molecular weight is 556 g/mol. The molecule has 2 aliphatic rings. The minimum atomic E-state index is -4.55. The van der Waals surface area contributed by atoms with Crippen molar-refractivity contribution in [3.63, 3.8) is 0 Å². The lowest BCUT2D eigenvalue weighted by molar-refractivity contribution is -0.137. The third kappa shape index (κ3) is 4.78. The summed E-state index contributed by atoms with van der Waals surface area (Å²) >= 11 is 1.67. The number of hydrogen-bond donors (Lipinski definition) is 1. The summed E-state index contributed by atoms with van der Waals surface area (Å²) in [6, 6.07) is 7.89. The summed E-state index contributed by atoms with van der Waals surface area (Å²) in [6.45, 7) is 0. The number of halogens is 4. The maximum absolute atomic E-state index is 13.5. The van der Waals surface area contributed by atoms with E-state index in [0.717, 1.165) is 46.5 Å². The Labute approximate surface area is 226 Å². The number of aromatic nitrogens is 5. The monoisotopic (exact) mass is 555 g/mol. The summed E-state index contributed by atoms with van der Waals surface area (Å²) in [5.74, 6) is -0.349. The molecule has 0 radical (unpaired) electrons. The van der Waals surface area contributed by atoms with E-state index in [1.165, 1.54) is 12.1 Å². The zero-order valence-electron chi connectivity index (χ0n) is 20.9. The van der Waals surface area contributed by atoms with Gasteiger partial charge in [0.25, 0.3) is 0 Å². The Bertz CT molecular complexity index is 1540. The molecule has 0 spiro atoms. The zero-order valence-corrected chi connectivity index (χ0v) is 21.8. The molecule has 1 unspecified atom stereocenters. The van der Waals surface area contributed by atoms with Crippen LogP contribution in [0.25, 0.3) is 11.8 Å². The largest absolute Gasteiger partial charge is 0.416 e. The van der Waals surface area contributed by atoms with Gasteiger partial charge in [-0.1, -0.05) is 5.57 Å². The lowest BCUT2D eigenvalue weighted by atomic mass is 9.60. The van der Waals surface area contributed by atoms with Gasteiger partial charge in [-0.2, -0.15) is 23.4 Å². The van der Waals surface area contributed by atoms with Gasteiger partial charge in [0.15, 0.2) is 0 Å². The molecule has 202 valence electrons. The van der Waals surface area contributed by atoms with Crippen LogP contribution in [0.2, 0.25) is 0 Å². The molecule has 3 atom stereocenters. The van der Waals surface area contributed by atoms with E-state index >= 15 is 0 Å². The molecule has 1 fully saturated rings. The number of fused-ring (bicyclic) bond motifs is 2. The number of nitrogens with zero attached hydrogens (tertiary/aromatic N) is 5. The van der Waals surface area contributed by atoms with Crippen molar-refractivity contribution in [2.24, 2.45) is 12.5 Å². The van der Waals surface area contributed by atoms with Crippen molar-refractivity contribution < 1.29 is 22.7 Å². The quantitative estimate of drug-likeness (QED) is 0.299. The number of benzene rings is 1. The van der Waals surface area contributed by atoms with Crippen LogP contribution in [-0.2, 0) is 19.6 Å². The van der Waals surface area contributed by atoms with Gasteiger partial charge in [-0.3, -0.25) is 9.67 Å². The van der Waals surface area contributed by atoms with Gasteiger partial charge in [0, 0.05) is 35.0 Å². The van der Waals surface area contributed by atoms with Crippen molar-refractivity contribution in [2.45, 2.75) is 48.1 Å². The second-order valence-electron chi connectivity index (χ2n) is 10.1. The van der Waals surface area contributed by atoms with E-state index in [9.17, 15) is 22.7 Å². The minimum absolute atomic E-state index is 0.00266. The lowest BCUT2D eigenvalue weighted by Crippen LogP contribution is -2.41. The Kier molecular flexibility index (Phi) is 6.38. The normalized spacial score (nSPS) is 21.7. The fraction of sp³-hybridized carbons (Fsp3) is 0.321. The van der Waals surface area contributed by atoms with Crippen molar-refractivity contribution in [1.29, 1.82) is 0 Å². The van der Waals surface area contributed by atoms with E-state index in [4.69, 9.17) is 0 Å². The van der Waals surface area contributed by atoms with Gasteiger partial charge < -0.3 is 5.11 Å². The van der Waals surface area contributed by atoms with Crippen LogP contribution in [0.5, 0.6) is 0 Å². The number of alkyl halides is 3. The van der Waals surface area contributed by atoms with Crippen LogP contribution in [-0.4, -0.2) is 34.9 Å². The molecule has 2 aliphatic carbocycles. The number of rotatable bonds is 5. The molecule has 1 aromatic carbocycles. The summed E-state index contributed by atoms with van der Waals surface area (Å²) in [5, 5.41) is 20.7. The summed E-state index contributed by atoms with van der Waals surface area (Å²) in [5.41, 5.74) is 1.63. The smallest absolute Gasteiger partial charge is 0.386 e. The molecule has 6 rings (SSSR count). The number of hydrogen-bond acceptors (Lipinski definition) is 5. The number of thioether (sulfide) groups is 1. The van der Waals surface area contributed by atoms with Gasteiger partial charge in [0.05, 0.1) is 35.0 Å². The van der Waals surface area contributed by atoms with E-state index < -0.39 is 23.3 Å². The SMILES string of the molecule is Cn1cc(S[C@H]2CCC3=Cc4c(cnn4-c4ccc(F)cc4)C[C@]3(C(O)c3cc(C(F)(F)F)ccn3)C2)cn1. The Balaban J connectivity index is 1.41. The number of aryl methyl sites for hydroxylation is 1. The van der Waals surface area contributed by atoms with Crippen LogP contribution in [0.4, 0.5) is 17.6 Å². The maximum atomic E-state index is 13.5. The van der Waals surface area contributed by atoms with Crippen LogP contribution in [0.3, 0.4) is 0 Å². The maximum Gasteiger partial charge on any atom is 0.416 e. The van der Waals surface area contributed by atoms with Crippen molar-refractivity contribution in [2.75, 3.05) is 0 Å². The highest BCUT2D eigenvalue weighted by Crippen LogP contribution is 2.57. The highest BCUT2D eigenvalue weighted by atomic mass is 32.2. The summed E-state index contributed by atoms with van der Waals surface area (Å²) in [4.78, 5) is 5.19. The molecule has 0 amide bonds. The third-order valence-corrected chi connectivity index (χ3v) is 8.86. The van der Waals surface area contributed by atoms with Crippen LogP contribution in [0, 0.1) is 11.2 Å². The third-order valence-electron chi connectivity index (χ3n) is 7.64. The summed E-state index contributed by atoms with van der Waals surface area (Å²) in [6.07, 6.45) is 5.15. The second-order valence-corrected chi connectivity index (χ2v) is 11.5. The van der Waals surface area contributed by atoms with Gasteiger partial charge in [0.2, 0.25) is 0 Å². The molecule has 11 heteroatoms. The second kappa shape index (κ2) is 9.63. The molecule has 1 N–H and O–H groups in total. The van der Waals surface area contributed by atoms with Gasteiger partial charge in [-0.15, -0.1) is 11.8 Å². The van der Waals surface area contributed by atoms with E-state index in [0.29, 0.717) is 24.9 Å². The van der Waals surface area contributed by atoms with Crippen molar-refractivity contribution in [3.05, 3.63) is 95.1 Å². The molecule has 39 heavy (non-hydrogen) atoms. The Morgan fingerprint density at radius 2 is 1.92 bits per heavy atom. The summed E-state index contributed by atoms with van der Waals surface area (Å²) < 4.78 is 57.6. The fourth-order valence-electron chi connectivity index (χ4n) is 5.78. The molecule has 4 aromatic rings. The minimum Gasteiger partial charge on any atom is -0.386 e. The number of aliphatic hydroxyl groups excluding tert-OH is 1. The molecular formula is C28H25F4N5OS. The lowest BCUT2D eigenvalue weighted by Gasteiger charge is -2.47. The first-order valence-corrected chi connectivity index (χ1v) is 13.4. The number of pyridine rings is 1. The average Bonchev–Trinajstić information content (AvgIpc) is 3.52. The number of aliphatic hydroxyl groups is 1. The standard InChI is InChI=1S/C28H25F4N5OS/c1-36-16-23(15-34-36)39-22-7-2-18-11-25-17(14-35-37(25)21-5-3-20(29)4-6-21)12-27(18,13-22)26(38)24-10-19(8-9-33-24)28(30,31)32/h3-6,8-11,14-16,22,26,38H,2,7,12-13H2,1H3/t22-,26?,27-/m0/s1. The first-order chi connectivity index (χ1) is 18.6. The molecule has 3 aromatic heterocycles. The molecule has 1 saturated carbocycles. The van der Waals surface area contributed by atoms with Crippen LogP contribution < -0.4 is 0 Å². The predicted molar refractivity (Wildman–Crippen MR) is 139 cm³/mol. The Morgan fingerprint density at radius 3 is 2.64 bits per heavy atom. The van der Waals surface area contributed by atoms with E-state index in [1.54, 1.807) is 45.7 Å². The highest BCUT2D eigenvalue weighted by Gasteiger charge is 2.50. The zero-order chi connectivity index (χ0) is 27.4. The van der Waals surface area contributed by atoms with Gasteiger partial charge in [-0.05, 0) is 73.7 Å². The van der Waals surface area contributed by atoms with E-state index in [-0.39, 0.29) is 16.8 Å². The molecular weight excluding hydrogens is 530 g/mol. The van der Waals surface area contributed by atoms with Crippen molar-refractivity contribution in [1.82, 2.24) is 24.5 Å². The van der Waals surface area contributed by atoms with Gasteiger partial charge in [-0.25, -0.2) is 9.07 Å². The predicted octanol–water partition coefficient (Wildman–Crippen LogP) is 6.16. The molecule has 0 aliphatic heterocycles. The Hall–Kier alpha value is -3.44. The van der Waals surface area contributed by atoms with E-state index in [1.807, 2.05) is 19.3 Å². The Morgan fingerprint density at radius 1 is 1.13 bits per heavy atom. The molecule has 0 bridgehead atoms. The van der Waals surface area contributed by atoms with Gasteiger partial charge in [0.1, 0.15) is 11.9 Å². The highest BCUT2D eigenvalue weighted by molar-refractivity contribution is 8.00. The molecule has 6 nitrogen and oxygen atoms in total. The van der Waals surface area contributed by atoms with E-state index in [2.05, 4.69) is 15.2 Å². The van der Waals surface area contributed by atoms with Crippen molar-refractivity contribution >= 4 is 17.8 Å². The molecule has 0 saturated heterocycles. The topological polar surface area (TPSA) is 68.8 Å². The van der Waals surface area contributed by atoms with Gasteiger partial charge >= 0.3 is 6.18 Å². The van der Waals surface area contributed by atoms with Crippen LogP contribution in [0.1, 0.15) is 47.9 Å². The first kappa shape index (κ1) is 25.8. The van der Waals surface area contributed by atoms with Crippen molar-refractivity contribution in [3.8, 4) is 5.69 Å². The van der Waals surface area contributed by atoms with Crippen LogP contribution >= 0.6 is 11.8 Å². The first-order valence-electron chi connectivity index (χ1n) is 12.5. The van der Waals surface area contributed by atoms with Crippen LogP contribution in [0.15, 0.2) is 71.7 Å².